The molecule has 0 bridgehead atoms. The Morgan fingerprint density at radius 3 is 2.29 bits per heavy atom. The Kier molecular flexibility index (Phi) is 6.89. The van der Waals surface area contributed by atoms with Gasteiger partial charge in [-0.1, -0.05) is 12.8 Å². The van der Waals surface area contributed by atoms with Crippen molar-refractivity contribution in [2.45, 2.75) is 24.5 Å². The fourth-order valence-electron chi connectivity index (χ4n) is 0.416. The minimum Gasteiger partial charge on any atom is -0.251 e. The largest absolute Gasteiger partial charge is 0.251 e. The highest BCUT2D eigenvalue weighted by molar-refractivity contribution is 6.08. The maximum Gasteiger partial charge on any atom is 0.118 e. The predicted molar refractivity (Wildman–Crippen MR) is 30.4 cm³/mol. The quantitative estimate of drug-likeness (QED) is 0.387. The summed E-state index contributed by atoms with van der Waals surface area (Å²) < 4.78 is 11.3. The van der Waals surface area contributed by atoms with Gasteiger partial charge in [0, 0.05) is 0 Å². The van der Waals surface area contributed by atoms with E-state index in [9.17, 15) is 4.39 Å². The molecule has 0 aromatic heterocycles. The molecule has 0 aliphatic carbocycles. The Labute approximate surface area is 52.5 Å². The third kappa shape index (κ3) is 6.46. The first-order valence-electron chi connectivity index (χ1n) is 2.68. The smallest absolute Gasteiger partial charge is 0.118 e. The van der Waals surface area contributed by atoms with Gasteiger partial charge in [0.2, 0.25) is 0 Å². The lowest BCUT2D eigenvalue weighted by Gasteiger charge is -1.89. The lowest BCUT2D eigenvalue weighted by atomic mass is 10.3. The van der Waals surface area contributed by atoms with Crippen molar-refractivity contribution in [2.24, 2.45) is 0 Å². The summed E-state index contributed by atoms with van der Waals surface area (Å²) in [5.41, 5.74) is 0. The van der Waals surface area contributed by atoms with Gasteiger partial charge in [-0.15, -0.1) is 5.28 Å². The summed E-state index contributed by atoms with van der Waals surface area (Å²) in [6.07, 6.45) is 2.93. The van der Waals surface area contributed by atoms with E-state index in [1.54, 1.807) is 0 Å². The first-order chi connectivity index (χ1) is 3.41. The van der Waals surface area contributed by atoms with Gasteiger partial charge in [-0.25, -0.2) is 0 Å². The van der Waals surface area contributed by atoms with Crippen LogP contribution in [0.25, 0.3) is 0 Å². The molecule has 0 nitrogen and oxygen atoms in total. The minimum atomic E-state index is -0.148. The van der Waals surface area contributed by atoms with E-state index in [-0.39, 0.29) is 6.67 Å². The third-order valence-corrected chi connectivity index (χ3v) is 1.25. The van der Waals surface area contributed by atoms with Crippen LogP contribution in [0, 0.1) is 0 Å². The molecule has 2 radical (unpaired) electrons. The van der Waals surface area contributed by atoms with Crippen molar-refractivity contribution in [1.82, 2.24) is 0 Å². The Hall–Kier alpha value is 0.462. The normalized spacial score (nSPS) is 9.29. The van der Waals surface area contributed by atoms with E-state index in [1.165, 1.54) is 0 Å². The second-order valence-corrected chi connectivity index (χ2v) is 2.12. The van der Waals surface area contributed by atoms with Gasteiger partial charge >= 0.3 is 0 Å². The fourth-order valence-corrected chi connectivity index (χ4v) is 0.704. The summed E-state index contributed by atoms with van der Waals surface area (Å²) in [6, 6.07) is 0. The molecule has 0 saturated carbocycles. The Morgan fingerprint density at radius 2 is 1.86 bits per heavy atom. The molecule has 7 heavy (non-hydrogen) atoms. The van der Waals surface area contributed by atoms with Gasteiger partial charge in [0.25, 0.3) is 0 Å². The van der Waals surface area contributed by atoms with Crippen molar-refractivity contribution >= 4 is 16.3 Å². The topological polar surface area (TPSA) is 0 Å². The van der Waals surface area contributed by atoms with Gasteiger partial charge in [-0.3, -0.25) is 4.39 Å². The number of rotatable bonds is 4. The molecule has 0 aliphatic rings. The number of alkyl halides is 1. The van der Waals surface area contributed by atoms with Crippen LogP contribution in [0.1, 0.15) is 19.3 Å². The fraction of sp³-hybridized carbons (Fsp3) is 1.00. The van der Waals surface area contributed by atoms with E-state index in [4.69, 9.17) is 0 Å². The van der Waals surface area contributed by atoms with Crippen LogP contribution in [0.3, 0.4) is 0 Å². The number of hydrogen-bond acceptors (Lipinski definition) is 0. The first kappa shape index (κ1) is 7.46. The monoisotopic (exact) mass is 116 g/mol. The van der Waals surface area contributed by atoms with Crippen LogP contribution in [0.4, 0.5) is 4.39 Å². The third-order valence-electron chi connectivity index (χ3n) is 0.838. The Bertz CT molecular complexity index is 27.3. The molecule has 0 aromatic rings. The van der Waals surface area contributed by atoms with Crippen molar-refractivity contribution in [3.63, 3.8) is 0 Å². The molecule has 0 rings (SSSR count). The summed E-state index contributed by atoms with van der Waals surface area (Å²) in [7, 11) is 0. The van der Waals surface area contributed by atoms with Crippen LogP contribution in [0.15, 0.2) is 0 Å². The standard InChI is InChI=1S/C5H10F.Al/c1-2-3-4-5-6;/h1-5H2;. The maximum absolute atomic E-state index is 11.3. The minimum absolute atomic E-state index is 0.148. The van der Waals surface area contributed by atoms with Crippen LogP contribution < -0.4 is 0 Å². The molecular formula is C5H10AlF. The Morgan fingerprint density at radius 1 is 1.14 bits per heavy atom. The molecule has 0 atom stereocenters. The zero-order valence-electron chi connectivity index (χ0n) is 4.49. The van der Waals surface area contributed by atoms with E-state index >= 15 is 0 Å². The molecule has 40 valence electrons. The van der Waals surface area contributed by atoms with E-state index < -0.39 is 0 Å². The van der Waals surface area contributed by atoms with Gasteiger partial charge in [-0.05, 0) is 6.42 Å². The van der Waals surface area contributed by atoms with Gasteiger partial charge in [-0.2, -0.15) is 0 Å². The van der Waals surface area contributed by atoms with Crippen LogP contribution >= 0.6 is 0 Å². The van der Waals surface area contributed by atoms with E-state index in [0.29, 0.717) is 0 Å². The summed E-state index contributed by atoms with van der Waals surface area (Å²) in [5, 5.41) is 1.11. The van der Waals surface area contributed by atoms with Gasteiger partial charge in [0.05, 0.1) is 6.67 Å². The number of hydrogen-bond donors (Lipinski definition) is 0. The van der Waals surface area contributed by atoms with Crippen LogP contribution in [0.5, 0.6) is 0 Å². The molecule has 0 spiro atoms. The second-order valence-electron chi connectivity index (χ2n) is 1.54. The van der Waals surface area contributed by atoms with Crippen LogP contribution in [-0.4, -0.2) is 23.0 Å². The molecule has 0 aromatic carbocycles. The zero-order valence-corrected chi connectivity index (χ0v) is 5.65. The highest BCUT2D eigenvalue weighted by Gasteiger charge is 1.81. The van der Waals surface area contributed by atoms with Crippen LogP contribution in [0.2, 0.25) is 5.28 Å². The molecule has 0 aliphatic heterocycles. The molecule has 2 heteroatoms. The average Bonchev–Trinajstić information content (AvgIpc) is 1.69. The highest BCUT2D eigenvalue weighted by atomic mass is 27.0. The lowest BCUT2D eigenvalue weighted by molar-refractivity contribution is 0.460. The Balaban J connectivity index is 2.45. The predicted octanol–water partition coefficient (Wildman–Crippen LogP) is 1.71. The maximum atomic E-state index is 11.3. The molecule has 0 amide bonds. The van der Waals surface area contributed by atoms with Gasteiger partial charge in [0.15, 0.2) is 0 Å². The van der Waals surface area contributed by atoms with Crippen molar-refractivity contribution in [3.8, 4) is 0 Å². The van der Waals surface area contributed by atoms with Crippen molar-refractivity contribution < 1.29 is 4.39 Å². The molecule has 0 N–H and O–H groups in total. The SMILES string of the molecule is FCCCC[CH2][Al]. The molecule has 0 saturated heterocycles. The second kappa shape index (κ2) is 6.46. The van der Waals surface area contributed by atoms with E-state index in [2.05, 4.69) is 16.3 Å². The first-order valence-corrected chi connectivity index (χ1v) is 3.49. The van der Waals surface area contributed by atoms with Crippen LogP contribution in [-0.2, 0) is 0 Å². The molecule has 0 heterocycles. The molecular weight excluding hydrogens is 106 g/mol. The average molecular weight is 116 g/mol. The molecule has 0 unspecified atom stereocenters. The molecule has 0 fully saturated rings. The zero-order chi connectivity index (χ0) is 5.54. The van der Waals surface area contributed by atoms with Crippen molar-refractivity contribution in [1.29, 1.82) is 0 Å². The summed E-state index contributed by atoms with van der Waals surface area (Å²) in [5.74, 6) is 0. The van der Waals surface area contributed by atoms with Gasteiger partial charge < -0.3 is 0 Å². The van der Waals surface area contributed by atoms with E-state index in [1.807, 2.05) is 0 Å². The summed E-state index contributed by atoms with van der Waals surface area (Å²) >= 11 is 2.63. The highest BCUT2D eigenvalue weighted by Crippen LogP contribution is 1.96. The van der Waals surface area contributed by atoms with E-state index in [0.717, 1.165) is 24.5 Å². The van der Waals surface area contributed by atoms with Crippen molar-refractivity contribution in [3.05, 3.63) is 0 Å². The van der Waals surface area contributed by atoms with Crippen molar-refractivity contribution in [2.75, 3.05) is 6.67 Å². The number of unbranched alkanes of at least 4 members (excludes halogenated alkanes) is 2. The lowest BCUT2D eigenvalue weighted by Crippen LogP contribution is -1.76. The number of halogens is 1. The van der Waals surface area contributed by atoms with Gasteiger partial charge in [0.1, 0.15) is 16.3 Å². The summed E-state index contributed by atoms with van der Waals surface area (Å²) in [6.45, 7) is -0.148. The summed E-state index contributed by atoms with van der Waals surface area (Å²) in [4.78, 5) is 0.